The predicted octanol–water partition coefficient (Wildman–Crippen LogP) is 2.85. The summed E-state index contributed by atoms with van der Waals surface area (Å²) < 4.78 is 0. The summed E-state index contributed by atoms with van der Waals surface area (Å²) in [7, 11) is 0. The zero-order valence-electron chi connectivity index (χ0n) is 13.2. The molecule has 0 aromatic rings. The van der Waals surface area contributed by atoms with Crippen LogP contribution >= 0.6 is 0 Å². The second-order valence-electron chi connectivity index (χ2n) is 7.08. The largest absolute Gasteiger partial charge is 0.480 e. The molecule has 1 saturated heterocycles. The number of nitrogens with zero attached hydrogens (tertiary/aromatic N) is 1. The molecule has 2 N–H and O–H groups in total. The normalized spacial score (nSPS) is 29.5. The fraction of sp³-hybridized carbons (Fsp3) is 0.875. The van der Waals surface area contributed by atoms with Gasteiger partial charge >= 0.3 is 12.0 Å². The second kappa shape index (κ2) is 6.67. The fourth-order valence-corrected chi connectivity index (χ4v) is 3.84. The van der Waals surface area contributed by atoms with E-state index in [0.717, 1.165) is 45.2 Å². The van der Waals surface area contributed by atoms with Crippen LogP contribution in [-0.2, 0) is 4.79 Å². The second-order valence-corrected chi connectivity index (χ2v) is 7.08. The number of hydrogen-bond donors (Lipinski definition) is 2. The van der Waals surface area contributed by atoms with E-state index in [4.69, 9.17) is 0 Å². The van der Waals surface area contributed by atoms with E-state index in [1.165, 1.54) is 0 Å². The number of likely N-dealkylation sites (tertiary alicyclic amines) is 1. The van der Waals surface area contributed by atoms with E-state index in [9.17, 15) is 14.7 Å². The Hall–Kier alpha value is -1.26. The van der Waals surface area contributed by atoms with E-state index in [0.29, 0.717) is 24.7 Å². The highest BCUT2D eigenvalue weighted by Crippen LogP contribution is 2.28. The van der Waals surface area contributed by atoms with Gasteiger partial charge in [-0.15, -0.1) is 0 Å². The van der Waals surface area contributed by atoms with Crippen molar-refractivity contribution in [2.24, 2.45) is 11.8 Å². The highest BCUT2D eigenvalue weighted by atomic mass is 16.4. The lowest BCUT2D eigenvalue weighted by Crippen LogP contribution is -2.59. The molecule has 5 nitrogen and oxygen atoms in total. The SMILES string of the molecule is CC1CC(C)CN(C(=O)NC2(C(=O)O)CCCCCC2)C1. The Balaban J connectivity index is 2.05. The molecule has 1 aliphatic heterocycles. The van der Waals surface area contributed by atoms with Crippen molar-refractivity contribution in [3.05, 3.63) is 0 Å². The van der Waals surface area contributed by atoms with Crippen LogP contribution in [0, 0.1) is 11.8 Å². The minimum atomic E-state index is -1.06. The zero-order valence-corrected chi connectivity index (χ0v) is 13.2. The number of aliphatic carboxylic acids is 1. The average Bonchev–Trinajstić information content (AvgIpc) is 2.64. The smallest absolute Gasteiger partial charge is 0.329 e. The number of piperidine rings is 1. The maximum absolute atomic E-state index is 12.5. The van der Waals surface area contributed by atoms with E-state index in [-0.39, 0.29) is 6.03 Å². The van der Waals surface area contributed by atoms with Crippen LogP contribution in [0.4, 0.5) is 4.79 Å². The summed E-state index contributed by atoms with van der Waals surface area (Å²) in [6, 6.07) is -0.197. The van der Waals surface area contributed by atoms with Crippen LogP contribution in [0.25, 0.3) is 0 Å². The molecule has 0 bridgehead atoms. The molecule has 2 aliphatic rings. The van der Waals surface area contributed by atoms with E-state index in [2.05, 4.69) is 19.2 Å². The van der Waals surface area contributed by atoms with Crippen molar-refractivity contribution in [2.75, 3.05) is 13.1 Å². The summed E-state index contributed by atoms with van der Waals surface area (Å²) in [5.74, 6) is 0.0830. The molecular weight excluding hydrogens is 268 g/mol. The molecule has 2 rings (SSSR count). The molecule has 2 unspecified atom stereocenters. The van der Waals surface area contributed by atoms with Crippen molar-refractivity contribution < 1.29 is 14.7 Å². The molecule has 1 aliphatic carbocycles. The summed E-state index contributed by atoms with van der Waals surface area (Å²) in [4.78, 5) is 26.1. The predicted molar refractivity (Wildman–Crippen MR) is 81.1 cm³/mol. The van der Waals surface area contributed by atoms with E-state index < -0.39 is 11.5 Å². The number of hydrogen-bond acceptors (Lipinski definition) is 2. The summed E-state index contributed by atoms with van der Waals surface area (Å²) in [5, 5.41) is 12.5. The number of carboxylic acids is 1. The van der Waals surface area contributed by atoms with Crippen molar-refractivity contribution in [3.63, 3.8) is 0 Å². The number of urea groups is 1. The van der Waals surface area contributed by atoms with Crippen LogP contribution < -0.4 is 5.32 Å². The lowest BCUT2D eigenvalue weighted by molar-refractivity contribution is -0.145. The van der Waals surface area contributed by atoms with Gasteiger partial charge in [0.25, 0.3) is 0 Å². The van der Waals surface area contributed by atoms with Gasteiger partial charge in [-0.2, -0.15) is 0 Å². The maximum Gasteiger partial charge on any atom is 0.329 e. The molecule has 0 aromatic carbocycles. The standard InChI is InChI=1S/C16H28N2O3/c1-12-9-13(2)11-18(10-12)15(21)17-16(14(19)20)7-5-3-4-6-8-16/h12-13H,3-11H2,1-2H3,(H,17,21)(H,19,20). The van der Waals surface area contributed by atoms with Crippen LogP contribution in [0.3, 0.4) is 0 Å². The zero-order chi connectivity index (χ0) is 15.5. The Labute approximate surface area is 127 Å². The average molecular weight is 296 g/mol. The minimum Gasteiger partial charge on any atom is -0.480 e. The van der Waals surface area contributed by atoms with E-state index in [1.54, 1.807) is 4.90 Å². The van der Waals surface area contributed by atoms with Crippen LogP contribution in [0.5, 0.6) is 0 Å². The van der Waals surface area contributed by atoms with Crippen molar-refractivity contribution >= 4 is 12.0 Å². The van der Waals surface area contributed by atoms with Crippen LogP contribution in [0.15, 0.2) is 0 Å². The number of nitrogens with one attached hydrogen (secondary N) is 1. The molecular formula is C16H28N2O3. The Kier molecular flexibility index (Phi) is 5.12. The van der Waals surface area contributed by atoms with Crippen molar-refractivity contribution in [1.82, 2.24) is 10.2 Å². The highest BCUT2D eigenvalue weighted by molar-refractivity contribution is 5.86. The van der Waals surface area contributed by atoms with Gasteiger partial charge in [-0.05, 0) is 31.1 Å². The molecule has 0 aromatic heterocycles. The number of amides is 2. The minimum absolute atomic E-state index is 0.197. The molecule has 2 atom stereocenters. The fourth-order valence-electron chi connectivity index (χ4n) is 3.84. The van der Waals surface area contributed by atoms with Gasteiger partial charge in [0, 0.05) is 13.1 Å². The lowest BCUT2D eigenvalue weighted by atomic mass is 9.89. The number of carboxylic acid groups (broad SMARTS) is 1. The molecule has 0 spiro atoms. The first-order valence-corrected chi connectivity index (χ1v) is 8.23. The molecule has 2 fully saturated rings. The van der Waals surface area contributed by atoms with Crippen molar-refractivity contribution in [2.45, 2.75) is 64.3 Å². The molecule has 1 heterocycles. The van der Waals surface area contributed by atoms with Gasteiger partial charge in [-0.3, -0.25) is 0 Å². The lowest BCUT2D eigenvalue weighted by Gasteiger charge is -2.38. The van der Waals surface area contributed by atoms with Gasteiger partial charge in [0.05, 0.1) is 0 Å². The Morgan fingerprint density at radius 1 is 1.05 bits per heavy atom. The molecule has 120 valence electrons. The van der Waals surface area contributed by atoms with E-state index in [1.807, 2.05) is 0 Å². The quantitative estimate of drug-likeness (QED) is 0.770. The van der Waals surface area contributed by atoms with Gasteiger partial charge in [0.15, 0.2) is 0 Å². The van der Waals surface area contributed by atoms with Crippen molar-refractivity contribution in [3.8, 4) is 0 Å². The first-order chi connectivity index (χ1) is 9.93. The van der Waals surface area contributed by atoms with Gasteiger partial charge in [-0.25, -0.2) is 9.59 Å². The third-order valence-electron chi connectivity index (χ3n) is 4.87. The van der Waals surface area contributed by atoms with Gasteiger partial charge in [0.1, 0.15) is 5.54 Å². The molecule has 21 heavy (non-hydrogen) atoms. The topological polar surface area (TPSA) is 69.6 Å². The van der Waals surface area contributed by atoms with Gasteiger partial charge in [-0.1, -0.05) is 39.5 Å². The van der Waals surface area contributed by atoms with Crippen molar-refractivity contribution in [1.29, 1.82) is 0 Å². The Morgan fingerprint density at radius 3 is 2.05 bits per heavy atom. The first kappa shape index (κ1) is 16.1. The highest BCUT2D eigenvalue weighted by Gasteiger charge is 2.41. The molecule has 5 heteroatoms. The monoisotopic (exact) mass is 296 g/mol. The van der Waals surface area contributed by atoms with E-state index >= 15 is 0 Å². The third-order valence-corrected chi connectivity index (χ3v) is 4.87. The van der Waals surface area contributed by atoms with Crippen LogP contribution in [-0.4, -0.2) is 40.6 Å². The first-order valence-electron chi connectivity index (χ1n) is 8.23. The summed E-state index contributed by atoms with van der Waals surface area (Å²) in [6.45, 7) is 5.75. The van der Waals surface area contributed by atoms with Gasteiger partial charge < -0.3 is 15.3 Å². The molecule has 0 radical (unpaired) electrons. The van der Waals surface area contributed by atoms with Crippen LogP contribution in [0.1, 0.15) is 58.8 Å². The summed E-state index contributed by atoms with van der Waals surface area (Å²) >= 11 is 0. The Bertz CT molecular complexity index is 379. The van der Waals surface area contributed by atoms with Crippen LogP contribution in [0.2, 0.25) is 0 Å². The summed E-state index contributed by atoms with van der Waals surface area (Å²) in [6.07, 6.45) is 6.10. The maximum atomic E-state index is 12.5. The molecule has 1 saturated carbocycles. The Morgan fingerprint density at radius 2 is 1.57 bits per heavy atom. The third kappa shape index (κ3) is 3.89. The van der Waals surface area contributed by atoms with Gasteiger partial charge in [0.2, 0.25) is 0 Å². The molecule has 2 amide bonds. The number of rotatable bonds is 2. The summed E-state index contributed by atoms with van der Waals surface area (Å²) in [5.41, 5.74) is -1.06. The number of carbonyl (C=O) groups is 2. The number of carbonyl (C=O) groups excluding carboxylic acids is 1.